The predicted octanol–water partition coefficient (Wildman–Crippen LogP) is 4.38. The molecule has 2 aromatic heterocycles. The summed E-state index contributed by atoms with van der Waals surface area (Å²) in [6.07, 6.45) is 8.88. The van der Waals surface area contributed by atoms with Crippen LogP contribution in [0, 0.1) is 12.3 Å². The van der Waals surface area contributed by atoms with Gasteiger partial charge in [-0.25, -0.2) is 0 Å². The molecule has 5 heteroatoms. The highest BCUT2D eigenvalue weighted by molar-refractivity contribution is 5.77. The molecule has 2 aliphatic rings. The molecular weight excluding hydrogens is 362 g/mol. The second-order valence-corrected chi connectivity index (χ2v) is 9.09. The number of aryl methyl sites for hydroxylation is 1. The lowest BCUT2D eigenvalue weighted by atomic mass is 9.72. The number of rotatable bonds is 6. The van der Waals surface area contributed by atoms with Crippen LogP contribution in [-0.4, -0.2) is 46.9 Å². The van der Waals surface area contributed by atoms with E-state index < -0.39 is 0 Å². The van der Waals surface area contributed by atoms with Gasteiger partial charge in [-0.05, 0) is 87.5 Å². The fraction of sp³-hybridized carbons (Fsp3) is 0.583. The molecule has 5 nitrogen and oxygen atoms in total. The minimum atomic E-state index is 0.303. The maximum absolute atomic E-state index is 12.5. The third-order valence-corrected chi connectivity index (χ3v) is 6.91. The Hall–Kier alpha value is -2.14. The van der Waals surface area contributed by atoms with E-state index in [0.29, 0.717) is 30.2 Å². The van der Waals surface area contributed by atoms with Crippen molar-refractivity contribution in [1.29, 1.82) is 0 Å². The van der Waals surface area contributed by atoms with Crippen LogP contribution >= 0.6 is 0 Å². The van der Waals surface area contributed by atoms with Gasteiger partial charge in [0, 0.05) is 37.8 Å². The molecule has 0 bridgehead atoms. The first-order chi connectivity index (χ1) is 14.0. The maximum Gasteiger partial charge on any atom is 0.222 e. The summed E-state index contributed by atoms with van der Waals surface area (Å²) >= 11 is 0. The van der Waals surface area contributed by atoms with Gasteiger partial charge in [-0.1, -0.05) is 6.92 Å². The number of furan rings is 1. The highest BCUT2D eigenvalue weighted by Gasteiger charge is 2.40. The SMILES string of the molecule is Cc1ccc([C@@H](C)CCN2CCC3(CCC(=O)N(Cc4ccncc4)C3)CC2)o1. The van der Waals surface area contributed by atoms with Crippen LogP contribution in [0.1, 0.15) is 62.0 Å². The lowest BCUT2D eigenvalue weighted by Crippen LogP contribution is -2.51. The average Bonchev–Trinajstić information content (AvgIpc) is 3.18. The quantitative estimate of drug-likeness (QED) is 0.728. The van der Waals surface area contributed by atoms with Crippen molar-refractivity contribution in [2.24, 2.45) is 5.41 Å². The van der Waals surface area contributed by atoms with Crippen LogP contribution in [0.15, 0.2) is 41.1 Å². The normalized spacial score (nSPS) is 20.9. The van der Waals surface area contributed by atoms with Gasteiger partial charge in [0.2, 0.25) is 5.91 Å². The van der Waals surface area contributed by atoms with Gasteiger partial charge in [-0.3, -0.25) is 9.78 Å². The van der Waals surface area contributed by atoms with Crippen molar-refractivity contribution in [3.63, 3.8) is 0 Å². The van der Waals surface area contributed by atoms with E-state index in [0.717, 1.165) is 50.5 Å². The van der Waals surface area contributed by atoms with Crippen LogP contribution in [-0.2, 0) is 11.3 Å². The summed E-state index contributed by atoms with van der Waals surface area (Å²) < 4.78 is 5.79. The summed E-state index contributed by atoms with van der Waals surface area (Å²) in [7, 11) is 0. The van der Waals surface area contributed by atoms with Gasteiger partial charge in [0.15, 0.2) is 0 Å². The number of hydrogen-bond acceptors (Lipinski definition) is 4. The number of hydrogen-bond donors (Lipinski definition) is 0. The van der Waals surface area contributed by atoms with Crippen molar-refractivity contribution in [3.8, 4) is 0 Å². The van der Waals surface area contributed by atoms with Gasteiger partial charge >= 0.3 is 0 Å². The first-order valence-electron chi connectivity index (χ1n) is 11.0. The highest BCUT2D eigenvalue weighted by Crippen LogP contribution is 2.40. The Morgan fingerprint density at radius 1 is 1.14 bits per heavy atom. The smallest absolute Gasteiger partial charge is 0.222 e. The van der Waals surface area contributed by atoms with Crippen LogP contribution in [0.2, 0.25) is 0 Å². The number of piperidine rings is 2. The molecule has 0 aliphatic carbocycles. The molecule has 29 heavy (non-hydrogen) atoms. The van der Waals surface area contributed by atoms with Crippen LogP contribution in [0.3, 0.4) is 0 Å². The molecule has 0 unspecified atom stereocenters. The average molecular weight is 396 g/mol. The molecule has 2 fully saturated rings. The number of carbonyl (C=O) groups excluding carboxylic acids is 1. The Morgan fingerprint density at radius 3 is 2.59 bits per heavy atom. The number of likely N-dealkylation sites (tertiary alicyclic amines) is 2. The monoisotopic (exact) mass is 395 g/mol. The Labute approximate surface area is 174 Å². The van der Waals surface area contributed by atoms with Crippen LogP contribution < -0.4 is 0 Å². The van der Waals surface area contributed by atoms with E-state index in [4.69, 9.17) is 4.42 Å². The van der Waals surface area contributed by atoms with E-state index in [2.05, 4.69) is 33.8 Å². The third-order valence-electron chi connectivity index (χ3n) is 6.91. The van der Waals surface area contributed by atoms with Gasteiger partial charge in [-0.15, -0.1) is 0 Å². The Morgan fingerprint density at radius 2 is 1.90 bits per heavy atom. The van der Waals surface area contributed by atoms with Gasteiger partial charge in [-0.2, -0.15) is 0 Å². The summed E-state index contributed by atoms with van der Waals surface area (Å²) in [6, 6.07) is 8.19. The molecule has 0 aromatic carbocycles. The van der Waals surface area contributed by atoms with Crippen molar-refractivity contribution in [2.45, 2.75) is 58.4 Å². The lowest BCUT2D eigenvalue weighted by molar-refractivity contribution is -0.139. The zero-order valence-corrected chi connectivity index (χ0v) is 17.8. The molecule has 2 aromatic rings. The molecule has 4 rings (SSSR count). The van der Waals surface area contributed by atoms with Crippen molar-refractivity contribution in [1.82, 2.24) is 14.8 Å². The second-order valence-electron chi connectivity index (χ2n) is 9.09. The van der Waals surface area contributed by atoms with Gasteiger partial charge in [0.05, 0.1) is 0 Å². The standard InChI is InChI=1S/C24H33N3O2/c1-19(22-4-3-20(2)29-22)8-14-26-15-10-24(11-16-26)9-5-23(28)27(18-24)17-21-6-12-25-13-7-21/h3-4,6-7,12-13,19H,5,8-11,14-18H2,1-2H3/t19-/m0/s1. The molecule has 0 saturated carbocycles. The fourth-order valence-corrected chi connectivity index (χ4v) is 4.85. The molecule has 1 spiro atoms. The lowest BCUT2D eigenvalue weighted by Gasteiger charge is -2.47. The van der Waals surface area contributed by atoms with E-state index in [1.165, 1.54) is 18.4 Å². The van der Waals surface area contributed by atoms with Gasteiger partial charge in [0.25, 0.3) is 0 Å². The molecule has 1 atom stereocenters. The minimum Gasteiger partial charge on any atom is -0.466 e. The molecule has 156 valence electrons. The van der Waals surface area contributed by atoms with Crippen molar-refractivity contribution < 1.29 is 9.21 Å². The Kier molecular flexibility index (Phi) is 6.04. The maximum atomic E-state index is 12.5. The first-order valence-corrected chi connectivity index (χ1v) is 11.0. The predicted molar refractivity (Wildman–Crippen MR) is 113 cm³/mol. The van der Waals surface area contributed by atoms with E-state index >= 15 is 0 Å². The Balaban J connectivity index is 1.28. The van der Waals surface area contributed by atoms with Gasteiger partial charge < -0.3 is 14.2 Å². The first kappa shape index (κ1) is 20.1. The number of aromatic nitrogens is 1. The summed E-state index contributed by atoms with van der Waals surface area (Å²) in [4.78, 5) is 21.3. The minimum absolute atomic E-state index is 0.303. The zero-order valence-electron chi connectivity index (χ0n) is 17.8. The van der Waals surface area contributed by atoms with Crippen molar-refractivity contribution in [3.05, 3.63) is 53.7 Å². The van der Waals surface area contributed by atoms with E-state index in [1.54, 1.807) is 0 Å². The van der Waals surface area contributed by atoms with Crippen LogP contribution in [0.5, 0.6) is 0 Å². The van der Waals surface area contributed by atoms with Gasteiger partial charge in [0.1, 0.15) is 11.5 Å². The fourth-order valence-electron chi connectivity index (χ4n) is 4.85. The summed E-state index contributed by atoms with van der Waals surface area (Å²) in [5, 5.41) is 0. The van der Waals surface area contributed by atoms with E-state index in [-0.39, 0.29) is 0 Å². The van der Waals surface area contributed by atoms with E-state index in [1.807, 2.05) is 31.5 Å². The van der Waals surface area contributed by atoms with E-state index in [9.17, 15) is 4.79 Å². The van der Waals surface area contributed by atoms with Crippen molar-refractivity contribution >= 4 is 5.91 Å². The molecule has 2 aliphatic heterocycles. The molecule has 2 saturated heterocycles. The molecule has 0 radical (unpaired) electrons. The zero-order chi connectivity index (χ0) is 20.3. The topological polar surface area (TPSA) is 49.6 Å². The molecule has 1 amide bonds. The number of pyridine rings is 1. The summed E-state index contributed by atoms with van der Waals surface area (Å²) in [5.41, 5.74) is 1.48. The summed E-state index contributed by atoms with van der Waals surface area (Å²) in [5.74, 6) is 2.86. The largest absolute Gasteiger partial charge is 0.466 e. The van der Waals surface area contributed by atoms with Crippen LogP contribution in [0.25, 0.3) is 0 Å². The highest BCUT2D eigenvalue weighted by atomic mass is 16.3. The van der Waals surface area contributed by atoms with Crippen molar-refractivity contribution in [2.75, 3.05) is 26.2 Å². The molecular formula is C24H33N3O2. The van der Waals surface area contributed by atoms with Crippen LogP contribution in [0.4, 0.5) is 0 Å². The number of carbonyl (C=O) groups is 1. The number of nitrogens with zero attached hydrogens (tertiary/aromatic N) is 3. The Bertz CT molecular complexity index is 809. The number of amides is 1. The summed E-state index contributed by atoms with van der Waals surface area (Å²) in [6.45, 7) is 9.29. The third kappa shape index (κ3) is 4.89. The molecule has 4 heterocycles. The molecule has 0 N–H and O–H groups in total. The second kappa shape index (κ2) is 8.70.